The average molecular weight is 356 g/mol. The van der Waals surface area contributed by atoms with E-state index in [0.717, 1.165) is 11.1 Å². The Bertz CT molecular complexity index is 659. The van der Waals surface area contributed by atoms with Gasteiger partial charge in [0.05, 0.1) is 18.6 Å². The summed E-state index contributed by atoms with van der Waals surface area (Å²) in [5.41, 5.74) is 2.56. The number of nitrogens with one attached hydrogen (secondary N) is 1. The third-order valence-electron chi connectivity index (χ3n) is 3.62. The monoisotopic (exact) mass is 356 g/mol. The van der Waals surface area contributed by atoms with Gasteiger partial charge in [-0.05, 0) is 44.4 Å². The first-order valence-corrected chi connectivity index (χ1v) is 9.83. The van der Waals surface area contributed by atoms with Crippen molar-refractivity contribution in [2.45, 2.75) is 39.7 Å². The van der Waals surface area contributed by atoms with Gasteiger partial charge in [-0.15, -0.1) is 0 Å². The zero-order valence-corrected chi connectivity index (χ0v) is 15.9. The molecule has 0 aromatic heterocycles. The largest absolute Gasteiger partial charge is 0.383 e. The Morgan fingerprint density at radius 2 is 2.00 bits per heavy atom. The number of hydrogen-bond acceptors (Lipinski definition) is 4. The molecule has 0 radical (unpaired) electrons. The summed E-state index contributed by atoms with van der Waals surface area (Å²) in [7, 11) is -1.83. The van der Waals surface area contributed by atoms with Gasteiger partial charge < -0.3 is 10.1 Å². The molecule has 0 heterocycles. The third-order valence-corrected chi connectivity index (χ3v) is 4.80. The Labute approximate surface area is 145 Å². The first kappa shape index (κ1) is 20.4. The number of sulfonamides is 1. The molecule has 0 unspecified atom stereocenters. The normalized spacial score (nSPS) is 12.7. The van der Waals surface area contributed by atoms with Gasteiger partial charge in [0, 0.05) is 26.1 Å². The summed E-state index contributed by atoms with van der Waals surface area (Å²) in [6.07, 6.45) is 1.91. The molecule has 0 aliphatic rings. The summed E-state index contributed by atoms with van der Waals surface area (Å²) >= 11 is 0. The first-order valence-electron chi connectivity index (χ1n) is 7.98. The molecular formula is C17H28N2O4S. The number of carbonyl (C=O) groups is 1. The fourth-order valence-electron chi connectivity index (χ4n) is 2.47. The fraction of sp³-hybridized carbons (Fsp3) is 0.588. The topological polar surface area (TPSA) is 75.7 Å². The van der Waals surface area contributed by atoms with Crippen molar-refractivity contribution >= 4 is 21.6 Å². The van der Waals surface area contributed by atoms with Gasteiger partial charge in [-0.3, -0.25) is 9.10 Å². The Morgan fingerprint density at radius 3 is 2.58 bits per heavy atom. The second-order valence-corrected chi connectivity index (χ2v) is 8.06. The maximum Gasteiger partial charge on any atom is 0.232 e. The number of ether oxygens (including phenoxy) is 1. The lowest BCUT2D eigenvalue weighted by Gasteiger charge is -2.24. The van der Waals surface area contributed by atoms with Gasteiger partial charge in [-0.2, -0.15) is 0 Å². The summed E-state index contributed by atoms with van der Waals surface area (Å²) in [5, 5.41) is 2.82. The fourth-order valence-corrected chi connectivity index (χ4v) is 3.49. The molecule has 0 aliphatic heterocycles. The van der Waals surface area contributed by atoms with Gasteiger partial charge in [-0.25, -0.2) is 8.42 Å². The molecule has 1 N–H and O–H groups in total. The lowest BCUT2D eigenvalue weighted by Crippen LogP contribution is -2.36. The maximum atomic E-state index is 12.1. The molecule has 0 spiro atoms. The van der Waals surface area contributed by atoms with Crippen LogP contribution in [0.3, 0.4) is 0 Å². The number of amides is 1. The highest BCUT2D eigenvalue weighted by Gasteiger charge is 2.19. The summed E-state index contributed by atoms with van der Waals surface area (Å²) in [6.45, 7) is 6.39. The number of aryl methyl sites for hydroxylation is 2. The van der Waals surface area contributed by atoms with E-state index in [1.807, 2.05) is 39.0 Å². The number of methoxy groups -OCH3 is 1. The molecule has 0 aliphatic carbocycles. The van der Waals surface area contributed by atoms with Crippen molar-refractivity contribution in [3.8, 4) is 0 Å². The van der Waals surface area contributed by atoms with Gasteiger partial charge in [0.25, 0.3) is 0 Å². The molecule has 0 saturated heterocycles. The van der Waals surface area contributed by atoms with Gasteiger partial charge in [0.15, 0.2) is 0 Å². The van der Waals surface area contributed by atoms with E-state index >= 15 is 0 Å². The van der Waals surface area contributed by atoms with E-state index < -0.39 is 10.0 Å². The zero-order chi connectivity index (χ0) is 18.3. The molecule has 0 saturated carbocycles. The summed E-state index contributed by atoms with van der Waals surface area (Å²) in [5.74, 6) is -0.103. The molecule has 1 amide bonds. The Balaban J connectivity index is 2.73. The molecule has 6 nitrogen and oxygen atoms in total. The van der Waals surface area contributed by atoms with E-state index in [2.05, 4.69) is 5.32 Å². The van der Waals surface area contributed by atoms with Gasteiger partial charge in [0.2, 0.25) is 15.9 Å². The van der Waals surface area contributed by atoms with Crippen LogP contribution >= 0.6 is 0 Å². The highest BCUT2D eigenvalue weighted by atomic mass is 32.2. The van der Waals surface area contributed by atoms with E-state index in [1.165, 1.54) is 10.6 Å². The van der Waals surface area contributed by atoms with Crippen LogP contribution in [-0.2, 0) is 19.6 Å². The van der Waals surface area contributed by atoms with E-state index in [1.54, 1.807) is 7.11 Å². The minimum absolute atomic E-state index is 0.0625. The Kier molecular flexibility index (Phi) is 7.69. The summed E-state index contributed by atoms with van der Waals surface area (Å²) in [6, 6.07) is 5.65. The number of benzene rings is 1. The molecule has 1 aromatic rings. The molecule has 0 fully saturated rings. The SMILES string of the molecule is COC[C@H](C)NC(=O)CCCN(c1cc(C)ccc1C)S(C)(=O)=O. The summed E-state index contributed by atoms with van der Waals surface area (Å²) < 4.78 is 30.6. The molecule has 1 atom stereocenters. The molecule has 1 aromatic carbocycles. The van der Waals surface area contributed by atoms with Crippen molar-refractivity contribution in [1.29, 1.82) is 0 Å². The van der Waals surface area contributed by atoms with Crippen molar-refractivity contribution in [2.24, 2.45) is 0 Å². The minimum atomic E-state index is -3.41. The highest BCUT2D eigenvalue weighted by Crippen LogP contribution is 2.24. The average Bonchev–Trinajstić information content (AvgIpc) is 2.45. The van der Waals surface area contributed by atoms with Gasteiger partial charge in [0.1, 0.15) is 0 Å². The molecular weight excluding hydrogens is 328 g/mol. The quantitative estimate of drug-likeness (QED) is 0.734. The van der Waals surface area contributed by atoms with Crippen LogP contribution in [0.2, 0.25) is 0 Å². The van der Waals surface area contributed by atoms with Crippen LogP contribution in [0.15, 0.2) is 18.2 Å². The number of hydrogen-bond donors (Lipinski definition) is 1. The number of anilines is 1. The first-order chi connectivity index (χ1) is 11.1. The standard InChI is InChI=1S/C17H28N2O4S/c1-13-8-9-14(2)16(11-13)19(24(5,21)22)10-6-7-17(20)18-15(3)12-23-4/h8-9,11,15H,6-7,10,12H2,1-5H3,(H,18,20)/t15-/m0/s1. The molecule has 136 valence electrons. The molecule has 7 heteroatoms. The van der Waals surface area contributed by atoms with E-state index in [-0.39, 0.29) is 24.9 Å². The lowest BCUT2D eigenvalue weighted by molar-refractivity contribution is -0.122. The second kappa shape index (κ2) is 9.03. The lowest BCUT2D eigenvalue weighted by atomic mass is 10.1. The van der Waals surface area contributed by atoms with Crippen LogP contribution in [0.1, 0.15) is 30.9 Å². The van der Waals surface area contributed by atoms with E-state index in [9.17, 15) is 13.2 Å². The van der Waals surface area contributed by atoms with Crippen molar-refractivity contribution in [3.05, 3.63) is 29.3 Å². The van der Waals surface area contributed by atoms with Crippen molar-refractivity contribution in [1.82, 2.24) is 5.32 Å². The molecule has 24 heavy (non-hydrogen) atoms. The Hall–Kier alpha value is -1.60. The maximum absolute atomic E-state index is 12.1. The van der Waals surface area contributed by atoms with Crippen molar-refractivity contribution in [3.63, 3.8) is 0 Å². The highest BCUT2D eigenvalue weighted by molar-refractivity contribution is 7.92. The van der Waals surface area contributed by atoms with Gasteiger partial charge in [-0.1, -0.05) is 12.1 Å². The van der Waals surface area contributed by atoms with E-state index in [4.69, 9.17) is 4.74 Å². The zero-order valence-electron chi connectivity index (χ0n) is 15.1. The predicted octanol–water partition coefficient (Wildman–Crippen LogP) is 2.00. The Morgan fingerprint density at radius 1 is 1.33 bits per heavy atom. The van der Waals surface area contributed by atoms with Crippen molar-refractivity contribution < 1.29 is 17.9 Å². The molecule has 1 rings (SSSR count). The second-order valence-electron chi connectivity index (χ2n) is 6.15. The van der Waals surface area contributed by atoms with Crippen molar-refractivity contribution in [2.75, 3.05) is 30.8 Å². The number of carbonyl (C=O) groups excluding carboxylic acids is 1. The predicted molar refractivity (Wildman–Crippen MR) is 96.8 cm³/mol. The minimum Gasteiger partial charge on any atom is -0.383 e. The smallest absolute Gasteiger partial charge is 0.232 e. The number of nitrogens with zero attached hydrogens (tertiary/aromatic N) is 1. The molecule has 0 bridgehead atoms. The van der Waals surface area contributed by atoms with Crippen LogP contribution in [0.25, 0.3) is 0 Å². The van der Waals surface area contributed by atoms with Crippen LogP contribution in [0.4, 0.5) is 5.69 Å². The van der Waals surface area contributed by atoms with Crippen LogP contribution in [-0.4, -0.2) is 46.9 Å². The van der Waals surface area contributed by atoms with Crippen LogP contribution in [0, 0.1) is 13.8 Å². The number of rotatable bonds is 9. The third kappa shape index (κ3) is 6.49. The summed E-state index contributed by atoms with van der Waals surface area (Å²) in [4.78, 5) is 11.9. The van der Waals surface area contributed by atoms with Crippen LogP contribution in [0.5, 0.6) is 0 Å². The van der Waals surface area contributed by atoms with Gasteiger partial charge >= 0.3 is 0 Å². The van der Waals surface area contributed by atoms with Crippen LogP contribution < -0.4 is 9.62 Å². The van der Waals surface area contributed by atoms with E-state index in [0.29, 0.717) is 18.7 Å².